The molecule has 1 aromatic heterocycles. The van der Waals surface area contributed by atoms with Crippen LogP contribution >= 0.6 is 0 Å². The number of anilines is 1. The van der Waals surface area contributed by atoms with E-state index < -0.39 is 24.1 Å². The molecule has 0 aliphatic heterocycles. The Labute approximate surface area is 213 Å². The van der Waals surface area contributed by atoms with E-state index in [1.807, 2.05) is 38.9 Å². The van der Waals surface area contributed by atoms with Crippen LogP contribution in [0.4, 0.5) is 19.7 Å². The van der Waals surface area contributed by atoms with Gasteiger partial charge in [0.05, 0.1) is 11.2 Å². The molecule has 10 nitrogen and oxygen atoms in total. The van der Waals surface area contributed by atoms with Crippen molar-refractivity contribution in [2.75, 3.05) is 32.1 Å². The Kier molecular flexibility index (Phi) is 8.61. The number of primary amides is 1. The average Bonchev–Trinajstić information content (AvgIpc) is 3.11. The fraction of sp³-hybridized carbons (Fsp3) is 0.308. The first-order chi connectivity index (χ1) is 17.5. The van der Waals surface area contributed by atoms with Crippen LogP contribution in [0.25, 0.3) is 10.9 Å². The van der Waals surface area contributed by atoms with Gasteiger partial charge < -0.3 is 24.7 Å². The Morgan fingerprint density at radius 1 is 0.973 bits per heavy atom. The Morgan fingerprint density at radius 2 is 1.62 bits per heavy atom. The Bertz CT molecular complexity index is 1330. The second-order valence-electron chi connectivity index (χ2n) is 8.63. The first-order valence-electron chi connectivity index (χ1n) is 11.6. The number of amides is 2. The van der Waals surface area contributed by atoms with E-state index in [1.54, 1.807) is 24.3 Å². The van der Waals surface area contributed by atoms with Gasteiger partial charge in [-0.25, -0.2) is 23.6 Å². The molecule has 0 bridgehead atoms. The summed E-state index contributed by atoms with van der Waals surface area (Å²) >= 11 is 0. The zero-order chi connectivity index (χ0) is 27.3. The van der Waals surface area contributed by atoms with Gasteiger partial charge in [-0.05, 0) is 62.8 Å². The lowest BCUT2D eigenvalue weighted by Gasteiger charge is -2.24. The van der Waals surface area contributed by atoms with Crippen molar-refractivity contribution in [3.63, 3.8) is 0 Å². The van der Waals surface area contributed by atoms with E-state index in [0.717, 1.165) is 27.7 Å². The number of halogens is 1. The number of hydrogen-bond donors (Lipinski definition) is 1. The van der Waals surface area contributed by atoms with E-state index in [9.17, 15) is 23.6 Å². The van der Waals surface area contributed by atoms with E-state index in [-0.39, 0.29) is 12.4 Å². The lowest BCUT2D eigenvalue weighted by Crippen LogP contribution is -2.40. The highest BCUT2D eigenvalue weighted by Crippen LogP contribution is 2.35. The summed E-state index contributed by atoms with van der Waals surface area (Å²) in [5.41, 5.74) is 8.92. The van der Waals surface area contributed by atoms with Crippen molar-refractivity contribution in [3.05, 3.63) is 65.1 Å². The van der Waals surface area contributed by atoms with Gasteiger partial charge >= 0.3 is 24.1 Å². The summed E-state index contributed by atoms with van der Waals surface area (Å²) in [5.74, 6) is -3.67. The van der Waals surface area contributed by atoms with Crippen molar-refractivity contribution in [2.24, 2.45) is 5.73 Å². The van der Waals surface area contributed by atoms with Crippen LogP contribution in [0.2, 0.25) is 0 Å². The molecule has 2 amide bonds. The number of aromatic nitrogens is 1. The molecule has 1 heterocycles. The summed E-state index contributed by atoms with van der Waals surface area (Å²) in [6.07, 6.45) is -1.90. The van der Waals surface area contributed by atoms with E-state index >= 15 is 0 Å². The summed E-state index contributed by atoms with van der Waals surface area (Å²) in [6, 6.07) is 11.7. The maximum atomic E-state index is 13.4. The molecule has 2 N–H and O–H groups in total. The SMILES string of the molecule is CCc1c(C)c2c(N(CCN(C)C)C(=O)OC(=O)C(=O)OC(N)=O)cccc2n1Cc1ccc(F)cc1. The molecule has 3 aromatic rings. The highest BCUT2D eigenvalue weighted by molar-refractivity contribution is 6.33. The maximum Gasteiger partial charge on any atom is 0.426 e. The van der Waals surface area contributed by atoms with Gasteiger partial charge in [0.1, 0.15) is 5.82 Å². The number of hydrogen-bond acceptors (Lipinski definition) is 7. The predicted octanol–water partition coefficient (Wildman–Crippen LogP) is 3.35. The number of nitrogens with two attached hydrogens (primary N) is 1. The number of likely N-dealkylation sites (N-methyl/N-ethyl adjacent to an activating group) is 1. The van der Waals surface area contributed by atoms with E-state index in [1.165, 1.54) is 17.0 Å². The number of nitrogens with zero attached hydrogens (tertiary/aromatic N) is 3. The molecule has 0 saturated heterocycles. The molecule has 0 saturated carbocycles. The molecule has 0 aliphatic rings. The van der Waals surface area contributed by atoms with Gasteiger partial charge in [-0.2, -0.15) is 0 Å². The Balaban J connectivity index is 2.07. The maximum absolute atomic E-state index is 13.4. The Morgan fingerprint density at radius 3 is 2.22 bits per heavy atom. The van der Waals surface area contributed by atoms with Gasteiger partial charge in [-0.3, -0.25) is 4.90 Å². The topological polar surface area (TPSA) is 124 Å². The summed E-state index contributed by atoms with van der Waals surface area (Å²) in [7, 11) is 3.64. The van der Waals surface area contributed by atoms with Crippen molar-refractivity contribution >= 4 is 40.7 Å². The minimum absolute atomic E-state index is 0.132. The number of rotatable bonds is 7. The number of carbonyl (C=O) groups is 4. The van der Waals surface area contributed by atoms with Crippen LogP contribution in [0.5, 0.6) is 0 Å². The van der Waals surface area contributed by atoms with Gasteiger partial charge in [0.2, 0.25) is 0 Å². The summed E-state index contributed by atoms with van der Waals surface area (Å²) in [5, 5.41) is 0.768. The van der Waals surface area contributed by atoms with Crippen LogP contribution in [0.15, 0.2) is 42.5 Å². The average molecular weight is 513 g/mol. The molecule has 0 atom stereocenters. The summed E-state index contributed by atoms with van der Waals surface area (Å²) in [6.45, 7) is 4.99. The number of fused-ring (bicyclic) bond motifs is 1. The molecule has 11 heteroatoms. The first kappa shape index (κ1) is 27.3. The van der Waals surface area contributed by atoms with Crippen LogP contribution < -0.4 is 10.6 Å². The van der Waals surface area contributed by atoms with Crippen molar-refractivity contribution in [2.45, 2.75) is 26.8 Å². The largest absolute Gasteiger partial charge is 0.426 e. The highest BCUT2D eigenvalue weighted by atomic mass is 19.1. The van der Waals surface area contributed by atoms with Gasteiger partial charge in [-0.15, -0.1) is 0 Å². The summed E-state index contributed by atoms with van der Waals surface area (Å²) in [4.78, 5) is 50.7. The molecular formula is C26H29FN4O6. The number of aryl methyl sites for hydroxylation is 1. The smallest absolute Gasteiger partial charge is 0.368 e. The highest BCUT2D eigenvalue weighted by Gasteiger charge is 2.29. The Hall–Kier alpha value is -4.25. The minimum atomic E-state index is -1.69. The van der Waals surface area contributed by atoms with Crippen LogP contribution in [0, 0.1) is 12.7 Å². The van der Waals surface area contributed by atoms with Gasteiger partial charge in [0, 0.05) is 30.7 Å². The number of carbonyl (C=O) groups excluding carboxylic acids is 4. The second-order valence-corrected chi connectivity index (χ2v) is 8.63. The van der Waals surface area contributed by atoms with Gasteiger partial charge in [0.15, 0.2) is 0 Å². The lowest BCUT2D eigenvalue weighted by molar-refractivity contribution is -0.159. The van der Waals surface area contributed by atoms with E-state index in [2.05, 4.69) is 9.30 Å². The molecular weight excluding hydrogens is 483 g/mol. The van der Waals surface area contributed by atoms with Crippen molar-refractivity contribution in [1.82, 2.24) is 9.47 Å². The number of benzene rings is 2. The zero-order valence-corrected chi connectivity index (χ0v) is 21.1. The van der Waals surface area contributed by atoms with Crippen LogP contribution in [0.1, 0.15) is 23.7 Å². The lowest BCUT2D eigenvalue weighted by atomic mass is 10.1. The molecule has 0 radical (unpaired) electrons. The van der Waals surface area contributed by atoms with Gasteiger partial charge in [-0.1, -0.05) is 25.1 Å². The fourth-order valence-corrected chi connectivity index (χ4v) is 4.18. The molecule has 0 spiro atoms. The van der Waals surface area contributed by atoms with Crippen molar-refractivity contribution in [3.8, 4) is 0 Å². The van der Waals surface area contributed by atoms with Crippen LogP contribution in [-0.2, 0) is 32.0 Å². The standard InChI is InChI=1S/C26H29FN4O6/c1-5-19-16(2)22-20(7-6-8-21(22)31(19)15-17-9-11-18(27)12-10-17)30(14-13-29(3)4)26(35)37-24(33)23(32)36-25(28)34/h6-12H,5,13-15H2,1-4H3,(H2,28,34). The predicted molar refractivity (Wildman–Crippen MR) is 135 cm³/mol. The normalized spacial score (nSPS) is 11.0. The third kappa shape index (κ3) is 6.31. The zero-order valence-electron chi connectivity index (χ0n) is 21.1. The molecule has 0 unspecified atom stereocenters. The van der Waals surface area contributed by atoms with Crippen molar-refractivity contribution < 1.29 is 33.0 Å². The van der Waals surface area contributed by atoms with Crippen LogP contribution in [-0.4, -0.2) is 60.8 Å². The van der Waals surface area contributed by atoms with Crippen molar-refractivity contribution in [1.29, 1.82) is 0 Å². The third-order valence-corrected chi connectivity index (χ3v) is 5.86. The third-order valence-electron chi connectivity index (χ3n) is 5.86. The number of ether oxygens (including phenoxy) is 2. The monoisotopic (exact) mass is 512 g/mol. The molecule has 0 fully saturated rings. The first-order valence-corrected chi connectivity index (χ1v) is 11.6. The fourth-order valence-electron chi connectivity index (χ4n) is 4.18. The summed E-state index contributed by atoms with van der Waals surface area (Å²) < 4.78 is 24.3. The molecule has 196 valence electrons. The molecule has 2 aromatic carbocycles. The molecule has 0 aliphatic carbocycles. The van der Waals surface area contributed by atoms with Crippen LogP contribution in [0.3, 0.4) is 0 Å². The second kappa shape index (κ2) is 11.7. The minimum Gasteiger partial charge on any atom is -0.368 e. The molecule has 3 rings (SSSR count). The quantitative estimate of drug-likeness (QED) is 0.292. The van der Waals surface area contributed by atoms with E-state index in [4.69, 9.17) is 10.5 Å². The van der Waals surface area contributed by atoms with Gasteiger partial charge in [0.25, 0.3) is 0 Å². The number of esters is 2. The molecule has 37 heavy (non-hydrogen) atoms. The van der Waals surface area contributed by atoms with E-state index in [0.29, 0.717) is 25.2 Å².